The molecule has 6 nitrogen and oxygen atoms in total. The van der Waals surface area contributed by atoms with Gasteiger partial charge in [-0.1, -0.05) is 33.6 Å². The summed E-state index contributed by atoms with van der Waals surface area (Å²) in [5.41, 5.74) is 4.07. The van der Waals surface area contributed by atoms with Crippen molar-refractivity contribution in [3.05, 3.63) is 56.5 Å². The molecule has 2 amide bonds. The number of hydrogen-bond donors (Lipinski definition) is 1. The zero-order valence-electron chi connectivity index (χ0n) is 16.9. The van der Waals surface area contributed by atoms with Crippen molar-refractivity contribution in [2.45, 2.75) is 27.2 Å². The summed E-state index contributed by atoms with van der Waals surface area (Å²) >= 11 is 9.59. The van der Waals surface area contributed by atoms with Gasteiger partial charge in [0.15, 0.2) is 6.61 Å². The minimum Gasteiger partial charge on any atom is -0.455 e. The molecule has 1 fully saturated rings. The maximum Gasteiger partial charge on any atom is 0.311 e. The van der Waals surface area contributed by atoms with E-state index in [0.29, 0.717) is 16.4 Å². The monoisotopic (exact) mass is 492 g/mol. The second kappa shape index (κ2) is 9.18. The van der Waals surface area contributed by atoms with Crippen LogP contribution in [0.4, 0.5) is 11.4 Å². The molecule has 0 spiro atoms. The van der Waals surface area contributed by atoms with Gasteiger partial charge in [-0.3, -0.25) is 14.4 Å². The Labute approximate surface area is 188 Å². The Morgan fingerprint density at radius 3 is 2.63 bits per heavy atom. The zero-order chi connectivity index (χ0) is 22.0. The second-order valence-electron chi connectivity index (χ2n) is 7.29. The molecule has 1 saturated heterocycles. The topological polar surface area (TPSA) is 75.7 Å². The molecule has 2 aromatic carbocycles. The Balaban J connectivity index is 1.58. The number of carbonyl (C=O) groups is 3. The third-order valence-corrected chi connectivity index (χ3v) is 6.60. The van der Waals surface area contributed by atoms with E-state index in [-0.39, 0.29) is 18.9 Å². The van der Waals surface area contributed by atoms with Gasteiger partial charge in [-0.05, 0) is 61.7 Å². The van der Waals surface area contributed by atoms with Crippen molar-refractivity contribution in [2.24, 2.45) is 5.92 Å². The Bertz CT molecular complexity index is 1020. The fourth-order valence-electron chi connectivity index (χ4n) is 3.35. The standard InChI is InChI=1S/C22H22BrClN2O4/c1-12-13(2)18(8-7-16(12)23)25-20(27)11-30-22(29)15-9-21(28)26(10-15)19-6-4-5-17(24)14(19)3/h4-8,15H,9-11H2,1-3H3,(H,25,27)/t15-/m1/s1. The molecule has 0 aliphatic carbocycles. The molecule has 0 radical (unpaired) electrons. The number of esters is 1. The molecular formula is C22H22BrClN2O4. The summed E-state index contributed by atoms with van der Waals surface area (Å²) in [5.74, 6) is -1.79. The van der Waals surface area contributed by atoms with Crippen LogP contribution in [0, 0.1) is 26.7 Å². The minimum absolute atomic E-state index is 0.0391. The highest BCUT2D eigenvalue weighted by atomic mass is 79.9. The minimum atomic E-state index is -0.625. The molecule has 1 aliphatic heterocycles. The van der Waals surface area contributed by atoms with E-state index in [2.05, 4.69) is 21.2 Å². The smallest absolute Gasteiger partial charge is 0.311 e. The van der Waals surface area contributed by atoms with E-state index in [1.54, 1.807) is 29.2 Å². The first-order valence-electron chi connectivity index (χ1n) is 9.46. The van der Waals surface area contributed by atoms with Gasteiger partial charge in [0, 0.05) is 33.8 Å². The fraction of sp³-hybridized carbons (Fsp3) is 0.318. The van der Waals surface area contributed by atoms with Crippen LogP contribution in [0.1, 0.15) is 23.1 Å². The average molecular weight is 494 g/mol. The number of nitrogens with zero attached hydrogens (tertiary/aromatic N) is 1. The number of carbonyl (C=O) groups excluding carboxylic acids is 3. The van der Waals surface area contributed by atoms with Gasteiger partial charge >= 0.3 is 5.97 Å². The summed E-state index contributed by atoms with van der Waals surface area (Å²) in [4.78, 5) is 38.6. The largest absolute Gasteiger partial charge is 0.455 e. The first-order chi connectivity index (χ1) is 14.2. The van der Waals surface area contributed by atoms with Crippen molar-refractivity contribution < 1.29 is 19.1 Å². The maximum atomic E-state index is 12.4. The number of hydrogen-bond acceptors (Lipinski definition) is 4. The highest BCUT2D eigenvalue weighted by molar-refractivity contribution is 9.10. The van der Waals surface area contributed by atoms with E-state index >= 15 is 0 Å². The van der Waals surface area contributed by atoms with Crippen LogP contribution in [0.3, 0.4) is 0 Å². The van der Waals surface area contributed by atoms with Gasteiger partial charge < -0.3 is 15.0 Å². The molecule has 3 rings (SSSR count). The summed E-state index contributed by atoms with van der Waals surface area (Å²) in [6.45, 7) is 5.46. The van der Waals surface area contributed by atoms with Gasteiger partial charge in [-0.2, -0.15) is 0 Å². The first kappa shape index (κ1) is 22.3. The quantitative estimate of drug-likeness (QED) is 0.620. The Hall–Kier alpha value is -2.38. The van der Waals surface area contributed by atoms with Crippen LogP contribution in [0.5, 0.6) is 0 Å². The molecule has 2 aromatic rings. The highest BCUT2D eigenvalue weighted by Crippen LogP contribution is 2.32. The summed E-state index contributed by atoms with van der Waals surface area (Å²) in [7, 11) is 0. The number of ether oxygens (including phenoxy) is 1. The first-order valence-corrected chi connectivity index (χ1v) is 10.6. The molecular weight excluding hydrogens is 472 g/mol. The lowest BCUT2D eigenvalue weighted by Crippen LogP contribution is -2.28. The van der Waals surface area contributed by atoms with Crippen LogP contribution < -0.4 is 10.2 Å². The van der Waals surface area contributed by atoms with Crippen molar-refractivity contribution in [1.82, 2.24) is 0 Å². The molecule has 0 bridgehead atoms. The van der Waals surface area contributed by atoms with Gasteiger partial charge in [-0.15, -0.1) is 0 Å². The van der Waals surface area contributed by atoms with E-state index in [0.717, 1.165) is 21.2 Å². The third kappa shape index (κ3) is 4.68. The third-order valence-electron chi connectivity index (χ3n) is 5.33. The van der Waals surface area contributed by atoms with Crippen molar-refractivity contribution >= 4 is 56.7 Å². The zero-order valence-corrected chi connectivity index (χ0v) is 19.3. The van der Waals surface area contributed by atoms with Gasteiger partial charge in [0.1, 0.15) is 0 Å². The van der Waals surface area contributed by atoms with E-state index < -0.39 is 24.4 Å². The molecule has 0 aromatic heterocycles. The lowest BCUT2D eigenvalue weighted by Gasteiger charge is -2.19. The predicted octanol–water partition coefficient (Wildman–Crippen LogP) is 4.56. The van der Waals surface area contributed by atoms with Gasteiger partial charge in [0.25, 0.3) is 5.91 Å². The van der Waals surface area contributed by atoms with Crippen molar-refractivity contribution in [3.8, 4) is 0 Å². The number of benzene rings is 2. The highest BCUT2D eigenvalue weighted by Gasteiger charge is 2.37. The molecule has 0 unspecified atom stereocenters. The summed E-state index contributed by atoms with van der Waals surface area (Å²) < 4.78 is 6.13. The number of halogens is 2. The van der Waals surface area contributed by atoms with E-state index in [1.165, 1.54) is 0 Å². The molecule has 1 N–H and O–H groups in total. The van der Waals surface area contributed by atoms with Crippen LogP contribution >= 0.6 is 27.5 Å². The number of anilines is 2. The van der Waals surface area contributed by atoms with Crippen LogP contribution in [0.2, 0.25) is 5.02 Å². The van der Waals surface area contributed by atoms with Crippen LogP contribution in [-0.4, -0.2) is 30.9 Å². The lowest BCUT2D eigenvalue weighted by molar-refractivity contribution is -0.151. The predicted molar refractivity (Wildman–Crippen MR) is 120 cm³/mol. The average Bonchev–Trinajstić information content (AvgIpc) is 3.10. The molecule has 30 heavy (non-hydrogen) atoms. The van der Waals surface area contributed by atoms with Crippen LogP contribution in [0.25, 0.3) is 0 Å². The molecule has 1 heterocycles. The molecule has 8 heteroatoms. The lowest BCUT2D eigenvalue weighted by atomic mass is 10.1. The molecule has 1 aliphatic rings. The molecule has 0 saturated carbocycles. The SMILES string of the molecule is Cc1c(Cl)cccc1N1C[C@H](C(=O)OCC(=O)Nc2ccc(Br)c(C)c2C)CC1=O. The second-order valence-corrected chi connectivity index (χ2v) is 8.55. The number of amides is 2. The summed E-state index contributed by atoms with van der Waals surface area (Å²) in [6, 6.07) is 8.94. The molecule has 158 valence electrons. The Morgan fingerprint density at radius 1 is 1.17 bits per heavy atom. The Kier molecular flexibility index (Phi) is 6.83. The maximum absolute atomic E-state index is 12.4. The molecule has 1 atom stereocenters. The number of rotatable bonds is 5. The van der Waals surface area contributed by atoms with Crippen LogP contribution in [-0.2, 0) is 19.1 Å². The van der Waals surface area contributed by atoms with Gasteiger partial charge in [0.05, 0.1) is 5.92 Å². The number of nitrogens with one attached hydrogen (secondary N) is 1. The summed E-state index contributed by atoms with van der Waals surface area (Å²) in [5, 5.41) is 3.31. The summed E-state index contributed by atoms with van der Waals surface area (Å²) in [6.07, 6.45) is 0.0391. The van der Waals surface area contributed by atoms with E-state index in [9.17, 15) is 14.4 Å². The van der Waals surface area contributed by atoms with Crippen molar-refractivity contribution in [3.63, 3.8) is 0 Å². The van der Waals surface area contributed by atoms with Crippen molar-refractivity contribution in [2.75, 3.05) is 23.4 Å². The fourth-order valence-corrected chi connectivity index (χ4v) is 3.95. The van der Waals surface area contributed by atoms with E-state index in [4.69, 9.17) is 16.3 Å². The van der Waals surface area contributed by atoms with E-state index in [1.807, 2.05) is 26.8 Å². The Morgan fingerprint density at radius 2 is 1.90 bits per heavy atom. The van der Waals surface area contributed by atoms with Crippen molar-refractivity contribution in [1.29, 1.82) is 0 Å². The van der Waals surface area contributed by atoms with Crippen LogP contribution in [0.15, 0.2) is 34.8 Å². The van der Waals surface area contributed by atoms with Gasteiger partial charge in [-0.25, -0.2) is 0 Å². The van der Waals surface area contributed by atoms with Gasteiger partial charge in [0.2, 0.25) is 5.91 Å². The normalized spacial score (nSPS) is 16.0.